The van der Waals surface area contributed by atoms with Crippen molar-refractivity contribution in [3.8, 4) is 0 Å². The maximum absolute atomic E-state index is 12.5. The molecule has 2 heterocycles. The molecule has 1 aliphatic rings. The average molecular weight is 482 g/mol. The summed E-state index contributed by atoms with van der Waals surface area (Å²) in [6.07, 6.45) is 4.17. The van der Waals surface area contributed by atoms with Crippen molar-refractivity contribution in [1.29, 1.82) is 0 Å². The number of benzene rings is 1. The van der Waals surface area contributed by atoms with Crippen molar-refractivity contribution in [3.05, 3.63) is 69.9 Å². The first kappa shape index (κ1) is 23.8. The fourth-order valence-corrected chi connectivity index (χ4v) is 4.18. The third kappa shape index (κ3) is 5.39. The van der Waals surface area contributed by atoms with E-state index in [9.17, 15) is 9.59 Å². The number of hydrazone groups is 1. The van der Waals surface area contributed by atoms with Crippen LogP contribution in [0.5, 0.6) is 0 Å². The molecule has 1 aliphatic carbocycles. The summed E-state index contributed by atoms with van der Waals surface area (Å²) in [5, 5.41) is 12.2. The standard InChI is InChI=1S/C25H28ClN5O3/c1-15(18-8-10-20(11-9-18)27-24(32)19-6-4-5-7-19)28-29-25(33)22-13-12-21(34-22)14-31-17(3)23(26)16(2)30-31/h8-13,19H,4-7,14H2,1-3H3,(H,27,32)(H,29,33). The molecule has 1 saturated carbocycles. The van der Waals surface area contributed by atoms with Crippen LogP contribution in [0.1, 0.15) is 65.9 Å². The van der Waals surface area contributed by atoms with Crippen LogP contribution in [0.2, 0.25) is 5.02 Å². The highest BCUT2D eigenvalue weighted by Gasteiger charge is 2.22. The number of rotatable bonds is 7. The fourth-order valence-electron chi connectivity index (χ4n) is 4.04. The lowest BCUT2D eigenvalue weighted by atomic mass is 10.1. The minimum Gasteiger partial charge on any atom is -0.454 e. The van der Waals surface area contributed by atoms with Gasteiger partial charge in [-0.3, -0.25) is 14.3 Å². The van der Waals surface area contributed by atoms with Gasteiger partial charge in [0.1, 0.15) is 5.76 Å². The van der Waals surface area contributed by atoms with Gasteiger partial charge >= 0.3 is 5.91 Å². The Balaban J connectivity index is 1.33. The van der Waals surface area contributed by atoms with Crippen molar-refractivity contribution in [2.75, 3.05) is 5.32 Å². The third-order valence-corrected chi connectivity index (χ3v) is 6.65. The zero-order chi connectivity index (χ0) is 24.2. The Kier molecular flexibility index (Phi) is 7.17. The van der Waals surface area contributed by atoms with E-state index in [0.29, 0.717) is 23.0 Å². The van der Waals surface area contributed by atoms with E-state index in [1.807, 2.05) is 38.1 Å². The number of nitrogens with zero attached hydrogens (tertiary/aromatic N) is 3. The first-order valence-corrected chi connectivity index (χ1v) is 11.7. The molecule has 0 spiro atoms. The number of aromatic nitrogens is 2. The molecule has 0 saturated heterocycles. The highest BCUT2D eigenvalue weighted by molar-refractivity contribution is 6.31. The molecule has 1 fully saturated rings. The summed E-state index contributed by atoms with van der Waals surface area (Å²) >= 11 is 6.19. The van der Waals surface area contributed by atoms with Crippen LogP contribution >= 0.6 is 11.6 Å². The van der Waals surface area contributed by atoms with Crippen LogP contribution < -0.4 is 10.7 Å². The van der Waals surface area contributed by atoms with Gasteiger partial charge in [0.2, 0.25) is 5.91 Å². The van der Waals surface area contributed by atoms with Crippen LogP contribution in [-0.2, 0) is 11.3 Å². The first-order chi connectivity index (χ1) is 16.3. The van der Waals surface area contributed by atoms with Crippen LogP contribution in [0, 0.1) is 19.8 Å². The van der Waals surface area contributed by atoms with E-state index < -0.39 is 5.91 Å². The molecule has 9 heteroatoms. The molecule has 0 aliphatic heterocycles. The van der Waals surface area contributed by atoms with Crippen molar-refractivity contribution in [1.82, 2.24) is 15.2 Å². The molecule has 0 radical (unpaired) electrons. The van der Waals surface area contributed by atoms with Crippen LogP contribution in [0.3, 0.4) is 0 Å². The van der Waals surface area contributed by atoms with Gasteiger partial charge in [0.05, 0.1) is 28.7 Å². The minimum atomic E-state index is -0.447. The van der Waals surface area contributed by atoms with Crippen molar-refractivity contribution in [2.45, 2.75) is 53.0 Å². The molecule has 0 unspecified atom stereocenters. The van der Waals surface area contributed by atoms with Gasteiger partial charge in [-0.15, -0.1) is 0 Å². The smallest absolute Gasteiger partial charge is 0.307 e. The zero-order valence-electron chi connectivity index (χ0n) is 19.5. The van der Waals surface area contributed by atoms with Crippen LogP contribution in [0.4, 0.5) is 5.69 Å². The number of amides is 2. The van der Waals surface area contributed by atoms with Gasteiger partial charge in [-0.2, -0.15) is 10.2 Å². The van der Waals surface area contributed by atoms with E-state index in [1.165, 1.54) is 0 Å². The summed E-state index contributed by atoms with van der Waals surface area (Å²) in [5.74, 6) is 0.498. The second-order valence-electron chi connectivity index (χ2n) is 8.59. The van der Waals surface area contributed by atoms with Gasteiger partial charge in [-0.05, 0) is 63.4 Å². The summed E-state index contributed by atoms with van der Waals surface area (Å²) in [6.45, 7) is 5.89. The number of hydrogen-bond donors (Lipinski definition) is 2. The molecule has 8 nitrogen and oxygen atoms in total. The maximum atomic E-state index is 12.5. The third-order valence-electron chi connectivity index (χ3n) is 6.11. The Morgan fingerprint density at radius 1 is 1.15 bits per heavy atom. The number of halogens is 1. The maximum Gasteiger partial charge on any atom is 0.307 e. The fraction of sp³-hybridized carbons (Fsp3) is 0.360. The van der Waals surface area contributed by atoms with Gasteiger partial charge in [-0.25, -0.2) is 5.43 Å². The van der Waals surface area contributed by atoms with E-state index >= 15 is 0 Å². The zero-order valence-corrected chi connectivity index (χ0v) is 20.3. The normalized spacial score (nSPS) is 14.4. The van der Waals surface area contributed by atoms with E-state index in [4.69, 9.17) is 16.0 Å². The van der Waals surface area contributed by atoms with Gasteiger partial charge in [0, 0.05) is 11.6 Å². The molecule has 2 amide bonds. The quantitative estimate of drug-likeness (QED) is 0.363. The molecule has 4 rings (SSSR count). The molecule has 0 bridgehead atoms. The van der Waals surface area contributed by atoms with Gasteiger partial charge in [0.25, 0.3) is 0 Å². The second-order valence-corrected chi connectivity index (χ2v) is 8.97. The van der Waals surface area contributed by atoms with Gasteiger partial charge in [0.15, 0.2) is 5.76 Å². The summed E-state index contributed by atoms with van der Waals surface area (Å²) in [6, 6.07) is 10.7. The number of anilines is 1. The second kappa shape index (κ2) is 10.3. The molecule has 2 aromatic heterocycles. The number of nitrogens with one attached hydrogen (secondary N) is 2. The van der Waals surface area contributed by atoms with Crippen molar-refractivity contribution >= 4 is 34.8 Å². The molecule has 34 heavy (non-hydrogen) atoms. The van der Waals surface area contributed by atoms with Crippen molar-refractivity contribution in [3.63, 3.8) is 0 Å². The van der Waals surface area contributed by atoms with E-state index in [2.05, 4.69) is 20.9 Å². The summed E-state index contributed by atoms with van der Waals surface area (Å²) < 4.78 is 7.40. The topological polar surface area (TPSA) is 102 Å². The Morgan fingerprint density at radius 2 is 1.85 bits per heavy atom. The van der Waals surface area contributed by atoms with Gasteiger partial charge in [-0.1, -0.05) is 36.6 Å². The number of carbonyl (C=O) groups excluding carboxylic acids is 2. The number of aryl methyl sites for hydroxylation is 1. The van der Waals surface area contributed by atoms with E-state index in [0.717, 1.165) is 48.3 Å². The van der Waals surface area contributed by atoms with E-state index in [-0.39, 0.29) is 17.6 Å². The van der Waals surface area contributed by atoms with Crippen LogP contribution in [0.15, 0.2) is 45.9 Å². The highest BCUT2D eigenvalue weighted by atomic mass is 35.5. The molecular formula is C25H28ClN5O3. The highest BCUT2D eigenvalue weighted by Crippen LogP contribution is 2.26. The number of furan rings is 1. The van der Waals surface area contributed by atoms with Crippen LogP contribution in [-0.4, -0.2) is 27.3 Å². The lowest BCUT2D eigenvalue weighted by molar-refractivity contribution is -0.119. The summed E-state index contributed by atoms with van der Waals surface area (Å²) in [5.41, 5.74) is 6.33. The van der Waals surface area contributed by atoms with Crippen molar-refractivity contribution in [2.24, 2.45) is 11.0 Å². The number of carbonyl (C=O) groups is 2. The Labute approximate surface area is 203 Å². The minimum absolute atomic E-state index is 0.0849. The largest absolute Gasteiger partial charge is 0.454 e. The van der Waals surface area contributed by atoms with Crippen molar-refractivity contribution < 1.29 is 14.0 Å². The summed E-state index contributed by atoms with van der Waals surface area (Å²) in [4.78, 5) is 24.8. The van der Waals surface area contributed by atoms with E-state index in [1.54, 1.807) is 23.7 Å². The predicted octanol–water partition coefficient (Wildman–Crippen LogP) is 5.08. The lowest BCUT2D eigenvalue weighted by Crippen LogP contribution is -2.20. The predicted molar refractivity (Wildman–Crippen MR) is 131 cm³/mol. The molecule has 3 aromatic rings. The molecular weight excluding hydrogens is 454 g/mol. The van der Waals surface area contributed by atoms with Crippen LogP contribution in [0.25, 0.3) is 0 Å². The molecule has 1 aromatic carbocycles. The number of hydrogen-bond acceptors (Lipinski definition) is 5. The van der Waals surface area contributed by atoms with Gasteiger partial charge < -0.3 is 9.73 Å². The molecule has 2 N–H and O–H groups in total. The monoisotopic (exact) mass is 481 g/mol. The average Bonchev–Trinajstić information content (AvgIpc) is 3.58. The molecule has 178 valence electrons. The summed E-state index contributed by atoms with van der Waals surface area (Å²) in [7, 11) is 0. The lowest BCUT2D eigenvalue weighted by Gasteiger charge is -2.10. The SMILES string of the molecule is CC(=NNC(=O)c1ccc(Cn2nc(C)c(Cl)c2C)o1)c1ccc(NC(=O)C2CCCC2)cc1. The Hall–Kier alpha value is -3.39. The Morgan fingerprint density at radius 3 is 2.50 bits per heavy atom. The molecule has 0 atom stereocenters. The first-order valence-electron chi connectivity index (χ1n) is 11.4. The Bertz CT molecular complexity index is 1220.